The van der Waals surface area contributed by atoms with Crippen molar-refractivity contribution >= 4 is 29.7 Å². The molecule has 34 heavy (non-hydrogen) atoms. The largest absolute Gasteiger partial charge is 0.507 e. The molecular weight excluding hydrogens is 448 g/mol. The SMILES string of the molecule is CN(C)C1C(=O)C(C(N)=O)=C(O)C2(OC=O)C(=O)C3=C(O)c4c(O)cccc4C(C)(O)C3CC12. The normalized spacial score (nSPS) is 32.8. The van der Waals surface area contributed by atoms with Gasteiger partial charge in [-0.15, -0.1) is 0 Å². The molecule has 4 rings (SSSR count). The van der Waals surface area contributed by atoms with E-state index < -0.39 is 75.0 Å². The van der Waals surface area contributed by atoms with Gasteiger partial charge in [0.25, 0.3) is 12.4 Å². The molecular formula is C23H24N2O9. The molecule has 5 atom stereocenters. The fourth-order valence-electron chi connectivity index (χ4n) is 5.75. The number of aliphatic hydroxyl groups is 3. The van der Waals surface area contributed by atoms with Crippen LogP contribution in [0.3, 0.4) is 0 Å². The molecule has 1 fully saturated rings. The van der Waals surface area contributed by atoms with E-state index in [-0.39, 0.29) is 24.0 Å². The summed E-state index contributed by atoms with van der Waals surface area (Å²) in [5, 5.41) is 44.0. The number of Topliss-reactive ketones (excluding diaryl/α,β-unsaturated/α-hetero) is 2. The summed E-state index contributed by atoms with van der Waals surface area (Å²) in [6, 6.07) is 2.96. The molecule has 0 radical (unpaired) electrons. The Morgan fingerprint density at radius 2 is 1.88 bits per heavy atom. The Kier molecular flexibility index (Phi) is 5.11. The van der Waals surface area contributed by atoms with Crippen molar-refractivity contribution in [2.45, 2.75) is 30.6 Å². The standard InChI is InChI=1S/C23H24N2O9/c1-22(33)9-5-4-6-12(27)13(9)17(28)14-10(22)7-11-16(25(2)3)18(29)15(21(24)32)20(31)23(11,19(14)30)34-8-26/h4-6,8,10-11,16,27-28,31,33H,7H2,1-3H3,(H2,24,32). The number of rotatable bonds is 4. The van der Waals surface area contributed by atoms with E-state index in [4.69, 9.17) is 10.5 Å². The number of phenolic OH excluding ortho intramolecular Hbond substituents is 1. The second-order valence-electron chi connectivity index (χ2n) is 9.14. The highest BCUT2D eigenvalue weighted by atomic mass is 16.6. The third-order valence-electron chi connectivity index (χ3n) is 7.22. The molecule has 0 aromatic heterocycles. The predicted molar refractivity (Wildman–Crippen MR) is 115 cm³/mol. The minimum atomic E-state index is -2.56. The summed E-state index contributed by atoms with van der Waals surface area (Å²) in [5.41, 5.74) is -0.389. The van der Waals surface area contributed by atoms with E-state index in [0.29, 0.717) is 0 Å². The van der Waals surface area contributed by atoms with E-state index in [0.717, 1.165) is 0 Å². The molecule has 11 heteroatoms. The molecule has 180 valence electrons. The van der Waals surface area contributed by atoms with Crippen LogP contribution in [0.5, 0.6) is 5.75 Å². The van der Waals surface area contributed by atoms with Crippen LogP contribution in [-0.4, -0.2) is 75.0 Å². The van der Waals surface area contributed by atoms with Gasteiger partial charge in [0.1, 0.15) is 17.1 Å². The Morgan fingerprint density at radius 1 is 1.24 bits per heavy atom. The lowest BCUT2D eigenvalue weighted by Crippen LogP contribution is -2.67. The Morgan fingerprint density at radius 3 is 2.44 bits per heavy atom. The first-order valence-corrected chi connectivity index (χ1v) is 10.4. The van der Waals surface area contributed by atoms with Crippen LogP contribution in [0.4, 0.5) is 0 Å². The topological polar surface area (TPSA) is 188 Å². The molecule has 1 saturated carbocycles. The van der Waals surface area contributed by atoms with Crippen molar-refractivity contribution in [2.75, 3.05) is 14.1 Å². The molecule has 0 aliphatic heterocycles. The van der Waals surface area contributed by atoms with Crippen LogP contribution in [0.2, 0.25) is 0 Å². The van der Waals surface area contributed by atoms with Gasteiger partial charge in [-0.05, 0) is 39.1 Å². The number of carbonyl (C=O) groups excluding carboxylic acids is 4. The molecule has 0 saturated heterocycles. The fourth-order valence-corrected chi connectivity index (χ4v) is 5.75. The summed E-state index contributed by atoms with van der Waals surface area (Å²) < 4.78 is 5.18. The molecule has 11 nitrogen and oxygen atoms in total. The number of ether oxygens (including phenoxy) is 1. The molecule has 1 aromatic rings. The van der Waals surface area contributed by atoms with Crippen molar-refractivity contribution < 1.29 is 44.3 Å². The van der Waals surface area contributed by atoms with Crippen LogP contribution < -0.4 is 5.73 Å². The van der Waals surface area contributed by atoms with Gasteiger partial charge in [-0.1, -0.05) is 12.1 Å². The van der Waals surface area contributed by atoms with Gasteiger partial charge < -0.3 is 30.9 Å². The molecule has 3 aliphatic carbocycles. The fraction of sp³-hybridized carbons (Fsp3) is 0.391. The number of carbonyl (C=O) groups is 4. The Bertz CT molecular complexity index is 1210. The first kappa shape index (κ1) is 23.5. The number of fused-ring (bicyclic) bond motifs is 3. The highest BCUT2D eigenvalue weighted by Crippen LogP contribution is 2.58. The van der Waals surface area contributed by atoms with Crippen molar-refractivity contribution in [3.05, 3.63) is 46.2 Å². The molecule has 1 aromatic carbocycles. The molecule has 1 amide bonds. The highest BCUT2D eigenvalue weighted by molar-refractivity contribution is 6.24. The Labute approximate surface area is 193 Å². The number of nitrogens with zero attached hydrogens (tertiary/aromatic N) is 1. The van der Waals surface area contributed by atoms with E-state index in [2.05, 4.69) is 0 Å². The minimum Gasteiger partial charge on any atom is -0.507 e. The van der Waals surface area contributed by atoms with Crippen molar-refractivity contribution in [3.63, 3.8) is 0 Å². The van der Waals surface area contributed by atoms with E-state index in [1.807, 2.05) is 0 Å². The third-order valence-corrected chi connectivity index (χ3v) is 7.22. The van der Waals surface area contributed by atoms with Gasteiger partial charge >= 0.3 is 0 Å². The number of hydrogen-bond acceptors (Lipinski definition) is 10. The van der Waals surface area contributed by atoms with Crippen LogP contribution in [0.25, 0.3) is 5.76 Å². The lowest BCUT2D eigenvalue weighted by atomic mass is 9.54. The summed E-state index contributed by atoms with van der Waals surface area (Å²) in [6.45, 7) is 1.29. The van der Waals surface area contributed by atoms with Crippen LogP contribution in [0.15, 0.2) is 35.1 Å². The summed E-state index contributed by atoms with van der Waals surface area (Å²) in [7, 11) is 2.99. The maximum Gasteiger partial charge on any atom is 0.294 e. The van der Waals surface area contributed by atoms with Crippen LogP contribution in [-0.2, 0) is 29.5 Å². The van der Waals surface area contributed by atoms with E-state index in [1.54, 1.807) is 0 Å². The van der Waals surface area contributed by atoms with Crippen LogP contribution in [0, 0.1) is 11.8 Å². The van der Waals surface area contributed by atoms with E-state index in [1.165, 1.54) is 44.1 Å². The first-order chi connectivity index (χ1) is 15.8. The zero-order valence-electron chi connectivity index (χ0n) is 18.6. The van der Waals surface area contributed by atoms with Crippen LogP contribution in [0.1, 0.15) is 24.5 Å². The maximum absolute atomic E-state index is 14.0. The van der Waals surface area contributed by atoms with Gasteiger partial charge in [0.2, 0.25) is 11.4 Å². The number of phenols is 1. The maximum atomic E-state index is 14.0. The van der Waals surface area contributed by atoms with Gasteiger partial charge in [-0.3, -0.25) is 24.1 Å². The van der Waals surface area contributed by atoms with Crippen molar-refractivity contribution in [3.8, 4) is 5.75 Å². The zero-order chi connectivity index (χ0) is 25.3. The lowest BCUT2D eigenvalue weighted by Gasteiger charge is -2.53. The lowest BCUT2D eigenvalue weighted by molar-refractivity contribution is -0.175. The average Bonchev–Trinajstić information content (AvgIpc) is 2.73. The minimum absolute atomic E-state index is 0.105. The summed E-state index contributed by atoms with van der Waals surface area (Å²) in [4.78, 5) is 52.3. The summed E-state index contributed by atoms with van der Waals surface area (Å²) in [6.07, 6.45) is -0.217. The smallest absolute Gasteiger partial charge is 0.294 e. The quantitative estimate of drug-likeness (QED) is 0.290. The molecule has 6 N–H and O–H groups in total. The number of nitrogens with two attached hydrogens (primary N) is 1. The molecule has 0 bridgehead atoms. The number of aromatic hydroxyl groups is 1. The van der Waals surface area contributed by atoms with Gasteiger partial charge in [-0.25, -0.2) is 0 Å². The third kappa shape index (κ3) is 2.71. The zero-order valence-corrected chi connectivity index (χ0v) is 18.6. The van der Waals surface area contributed by atoms with Gasteiger partial charge in [0.15, 0.2) is 11.5 Å². The predicted octanol–water partition coefficient (Wildman–Crippen LogP) is -0.190. The number of aliphatic hydroxyl groups excluding tert-OH is 2. The number of benzene rings is 1. The summed E-state index contributed by atoms with van der Waals surface area (Å²) >= 11 is 0. The molecule has 0 heterocycles. The van der Waals surface area contributed by atoms with Crippen molar-refractivity contribution in [1.29, 1.82) is 0 Å². The monoisotopic (exact) mass is 472 g/mol. The van der Waals surface area contributed by atoms with Crippen LogP contribution >= 0.6 is 0 Å². The molecule has 5 unspecified atom stereocenters. The first-order valence-electron chi connectivity index (χ1n) is 10.4. The number of primary amides is 1. The van der Waals surface area contributed by atoms with Gasteiger partial charge in [-0.2, -0.15) is 0 Å². The Balaban J connectivity index is 2.11. The molecule has 0 spiro atoms. The number of amides is 1. The van der Waals surface area contributed by atoms with Crippen molar-refractivity contribution in [1.82, 2.24) is 4.90 Å². The molecule has 3 aliphatic rings. The van der Waals surface area contributed by atoms with E-state index >= 15 is 0 Å². The Hall–Kier alpha value is -3.70. The number of ketones is 2. The summed E-state index contributed by atoms with van der Waals surface area (Å²) in [5.74, 6) is -7.91. The van der Waals surface area contributed by atoms with Gasteiger partial charge in [0.05, 0.1) is 17.2 Å². The highest BCUT2D eigenvalue weighted by Gasteiger charge is 2.68. The van der Waals surface area contributed by atoms with Gasteiger partial charge in [0, 0.05) is 17.4 Å². The second-order valence-corrected chi connectivity index (χ2v) is 9.14. The number of likely N-dealkylation sites (N-methyl/N-ethyl adjacent to an activating group) is 1. The second kappa shape index (κ2) is 7.40. The average molecular weight is 472 g/mol. The van der Waals surface area contributed by atoms with E-state index in [9.17, 15) is 39.6 Å². The number of hydrogen-bond donors (Lipinski definition) is 5. The van der Waals surface area contributed by atoms with Crippen molar-refractivity contribution in [2.24, 2.45) is 17.6 Å².